The number of benzene rings is 1. The van der Waals surface area contributed by atoms with Crippen molar-refractivity contribution in [3.8, 4) is 0 Å². The van der Waals surface area contributed by atoms with E-state index in [2.05, 4.69) is 6.07 Å². The van der Waals surface area contributed by atoms with E-state index in [4.69, 9.17) is 5.11 Å². The van der Waals surface area contributed by atoms with Gasteiger partial charge in [-0.25, -0.2) is 4.79 Å². The molecule has 1 aromatic rings. The molecule has 1 N–H and O–H groups in total. The maximum Gasteiger partial charge on any atom is 0.335 e. The van der Waals surface area contributed by atoms with E-state index in [1.165, 1.54) is 0 Å². The van der Waals surface area contributed by atoms with Crippen LogP contribution in [0.15, 0.2) is 18.2 Å². The molecule has 0 atom stereocenters. The summed E-state index contributed by atoms with van der Waals surface area (Å²) in [7, 11) is 0. The van der Waals surface area contributed by atoms with Crippen molar-refractivity contribution < 1.29 is 9.90 Å². The van der Waals surface area contributed by atoms with Crippen molar-refractivity contribution in [1.29, 1.82) is 0 Å². The summed E-state index contributed by atoms with van der Waals surface area (Å²) in [6.07, 6.45) is 4.03. The third-order valence-corrected chi connectivity index (χ3v) is 3.17. The van der Waals surface area contributed by atoms with Gasteiger partial charge in [0.2, 0.25) is 0 Å². The molecule has 0 radical (unpaired) electrons. The van der Waals surface area contributed by atoms with Crippen molar-refractivity contribution in [2.75, 3.05) is 12.5 Å². The summed E-state index contributed by atoms with van der Waals surface area (Å²) < 4.78 is 0. The molecule has 0 aliphatic rings. The topological polar surface area (TPSA) is 37.3 Å². The van der Waals surface area contributed by atoms with Gasteiger partial charge in [-0.05, 0) is 35.8 Å². The molecule has 0 unspecified atom stereocenters. The molecule has 0 aliphatic carbocycles. The number of rotatable bonds is 5. The summed E-state index contributed by atoms with van der Waals surface area (Å²) in [6.45, 7) is 0. The molecule has 0 fully saturated rings. The molecule has 1 rings (SSSR count). The third kappa shape index (κ3) is 3.80. The summed E-state index contributed by atoms with van der Waals surface area (Å²) in [5.41, 5.74) is 2.57. The van der Waals surface area contributed by atoms with Crippen molar-refractivity contribution in [2.24, 2.45) is 0 Å². The highest BCUT2D eigenvalue weighted by molar-refractivity contribution is 7.98. The number of carboxylic acid groups (broad SMARTS) is 1. The molecule has 0 aliphatic heterocycles. The first-order valence-electron chi connectivity index (χ1n) is 4.51. The van der Waals surface area contributed by atoms with Gasteiger partial charge in [-0.3, -0.25) is 0 Å². The second kappa shape index (κ2) is 6.08. The van der Waals surface area contributed by atoms with E-state index >= 15 is 0 Å². The van der Waals surface area contributed by atoms with Gasteiger partial charge in [0, 0.05) is 11.5 Å². The van der Waals surface area contributed by atoms with Crippen molar-refractivity contribution in [3.63, 3.8) is 0 Å². The van der Waals surface area contributed by atoms with Gasteiger partial charge < -0.3 is 5.11 Å². The molecule has 0 aromatic heterocycles. The summed E-state index contributed by atoms with van der Waals surface area (Å²) in [4.78, 5) is 10.9. The smallest absolute Gasteiger partial charge is 0.335 e. The number of thioether (sulfide) groups is 2. The first-order chi connectivity index (χ1) is 7.17. The Labute approximate surface area is 98.5 Å². The van der Waals surface area contributed by atoms with Gasteiger partial charge in [-0.2, -0.15) is 23.5 Å². The van der Waals surface area contributed by atoms with Gasteiger partial charge in [-0.15, -0.1) is 0 Å². The summed E-state index contributed by atoms with van der Waals surface area (Å²) in [6, 6.07) is 5.59. The lowest BCUT2D eigenvalue weighted by atomic mass is 10.1. The molecule has 0 saturated heterocycles. The first kappa shape index (κ1) is 12.5. The van der Waals surface area contributed by atoms with Gasteiger partial charge in [0.1, 0.15) is 0 Å². The molecule has 0 bridgehead atoms. The van der Waals surface area contributed by atoms with Gasteiger partial charge in [0.05, 0.1) is 5.56 Å². The second-order valence-electron chi connectivity index (χ2n) is 3.21. The van der Waals surface area contributed by atoms with Gasteiger partial charge in [0.25, 0.3) is 0 Å². The quantitative estimate of drug-likeness (QED) is 0.861. The molecule has 82 valence electrons. The summed E-state index contributed by atoms with van der Waals surface area (Å²) >= 11 is 3.40. The Morgan fingerprint density at radius 2 is 1.60 bits per heavy atom. The van der Waals surface area contributed by atoms with Crippen molar-refractivity contribution in [1.82, 2.24) is 0 Å². The summed E-state index contributed by atoms with van der Waals surface area (Å²) in [5, 5.41) is 8.96. The van der Waals surface area contributed by atoms with Crippen LogP contribution in [0.5, 0.6) is 0 Å². The Bertz CT molecular complexity index is 326. The lowest BCUT2D eigenvalue weighted by Crippen LogP contribution is -1.99. The lowest BCUT2D eigenvalue weighted by molar-refractivity contribution is 0.0696. The highest BCUT2D eigenvalue weighted by Gasteiger charge is 2.06. The van der Waals surface area contributed by atoms with Gasteiger partial charge >= 0.3 is 5.97 Å². The zero-order valence-corrected chi connectivity index (χ0v) is 10.5. The minimum absolute atomic E-state index is 0.394. The molecular weight excluding hydrogens is 228 g/mol. The largest absolute Gasteiger partial charge is 0.478 e. The molecule has 4 heteroatoms. The van der Waals surface area contributed by atoms with Crippen LogP contribution in [0, 0.1) is 0 Å². The Balaban J connectivity index is 3.02. The van der Waals surface area contributed by atoms with E-state index in [1.807, 2.05) is 12.5 Å². The van der Waals surface area contributed by atoms with Crippen LogP contribution in [0.3, 0.4) is 0 Å². The molecule has 0 saturated carbocycles. The molecule has 1 aromatic carbocycles. The number of carboxylic acids is 1. The predicted octanol–water partition coefficient (Wildman–Crippen LogP) is 3.11. The van der Waals surface area contributed by atoms with E-state index < -0.39 is 5.97 Å². The average Bonchev–Trinajstić information content (AvgIpc) is 2.18. The van der Waals surface area contributed by atoms with Crippen molar-refractivity contribution in [3.05, 3.63) is 34.9 Å². The Hall–Kier alpha value is -0.610. The monoisotopic (exact) mass is 242 g/mol. The van der Waals surface area contributed by atoms with Gasteiger partial charge in [0.15, 0.2) is 0 Å². The number of hydrogen-bond donors (Lipinski definition) is 1. The fraction of sp³-hybridized carbons (Fsp3) is 0.364. The first-order valence-corrected chi connectivity index (χ1v) is 7.30. The van der Waals surface area contributed by atoms with E-state index in [9.17, 15) is 4.79 Å². The third-order valence-electron chi connectivity index (χ3n) is 1.92. The number of aromatic carboxylic acids is 1. The molecule has 0 spiro atoms. The highest BCUT2D eigenvalue weighted by Crippen LogP contribution is 2.18. The number of hydrogen-bond acceptors (Lipinski definition) is 3. The van der Waals surface area contributed by atoms with Crippen LogP contribution in [0.4, 0.5) is 0 Å². The molecular formula is C11H14O2S2. The zero-order chi connectivity index (χ0) is 11.3. The highest BCUT2D eigenvalue weighted by atomic mass is 32.2. The van der Waals surface area contributed by atoms with Crippen LogP contribution in [-0.2, 0) is 11.5 Å². The molecule has 15 heavy (non-hydrogen) atoms. The maximum atomic E-state index is 10.9. The predicted molar refractivity (Wildman–Crippen MR) is 67.8 cm³/mol. The Kier molecular flexibility index (Phi) is 5.05. The van der Waals surface area contributed by atoms with Gasteiger partial charge in [-0.1, -0.05) is 6.07 Å². The van der Waals surface area contributed by atoms with Crippen LogP contribution in [-0.4, -0.2) is 23.6 Å². The van der Waals surface area contributed by atoms with Crippen LogP contribution in [0.2, 0.25) is 0 Å². The van der Waals surface area contributed by atoms with E-state index in [1.54, 1.807) is 35.7 Å². The van der Waals surface area contributed by atoms with E-state index in [0.717, 1.165) is 22.6 Å². The van der Waals surface area contributed by atoms with Crippen molar-refractivity contribution >= 4 is 29.5 Å². The van der Waals surface area contributed by atoms with Crippen LogP contribution < -0.4 is 0 Å². The second-order valence-corrected chi connectivity index (χ2v) is 4.94. The van der Waals surface area contributed by atoms with E-state index in [0.29, 0.717) is 5.56 Å². The number of carbonyl (C=O) groups is 1. The van der Waals surface area contributed by atoms with Crippen molar-refractivity contribution in [2.45, 2.75) is 11.5 Å². The molecule has 0 amide bonds. The standard InChI is InChI=1S/C11H14O2S2/c1-14-6-8-3-9(7-15-2)5-10(4-8)11(12)13/h3-5H,6-7H2,1-2H3,(H,12,13). The van der Waals surface area contributed by atoms with E-state index in [-0.39, 0.29) is 0 Å². The summed E-state index contributed by atoms with van der Waals surface area (Å²) in [5.74, 6) is 0.880. The Morgan fingerprint density at radius 3 is 1.93 bits per heavy atom. The minimum atomic E-state index is -0.847. The van der Waals surface area contributed by atoms with Crippen LogP contribution in [0.25, 0.3) is 0 Å². The fourth-order valence-electron chi connectivity index (χ4n) is 1.39. The fourth-order valence-corrected chi connectivity index (χ4v) is 2.39. The normalized spacial score (nSPS) is 10.3. The van der Waals surface area contributed by atoms with Crippen LogP contribution >= 0.6 is 23.5 Å². The minimum Gasteiger partial charge on any atom is -0.478 e. The molecule has 2 nitrogen and oxygen atoms in total. The Morgan fingerprint density at radius 1 is 1.13 bits per heavy atom. The average molecular weight is 242 g/mol. The zero-order valence-electron chi connectivity index (χ0n) is 8.82. The lowest BCUT2D eigenvalue weighted by Gasteiger charge is -2.05. The SMILES string of the molecule is CSCc1cc(CSC)cc(C(=O)O)c1. The molecule has 0 heterocycles. The maximum absolute atomic E-state index is 10.9. The van der Waals surface area contributed by atoms with Crippen LogP contribution in [0.1, 0.15) is 21.5 Å².